The van der Waals surface area contributed by atoms with Crippen LogP contribution in [0.15, 0.2) is 53.7 Å². The second-order valence-corrected chi connectivity index (χ2v) is 8.41. The topological polar surface area (TPSA) is 113 Å². The fourth-order valence-electron chi connectivity index (χ4n) is 3.48. The van der Waals surface area contributed by atoms with Gasteiger partial charge in [0.2, 0.25) is 6.08 Å². The number of isocyanates is 1. The molecule has 3 amide bonds. The maximum absolute atomic E-state index is 13.7. The van der Waals surface area contributed by atoms with Crippen molar-refractivity contribution in [2.75, 3.05) is 25.5 Å². The van der Waals surface area contributed by atoms with Crippen LogP contribution in [0.1, 0.15) is 18.4 Å². The second-order valence-electron chi connectivity index (χ2n) is 8.04. The van der Waals surface area contributed by atoms with Gasteiger partial charge in [-0.1, -0.05) is 23.7 Å². The van der Waals surface area contributed by atoms with Gasteiger partial charge in [0, 0.05) is 25.2 Å². The SMILES string of the molecule is CN(C(=O)NCc1cccc(F)c1Cl)[C@@H](CCCN=C=O)COC(=O)Nc1cc2cc(F)ccc2cn1. The van der Waals surface area contributed by atoms with E-state index in [-0.39, 0.29) is 30.5 Å². The van der Waals surface area contributed by atoms with Gasteiger partial charge in [0.1, 0.15) is 24.1 Å². The number of aliphatic imine (C=N–C) groups is 1. The lowest BCUT2D eigenvalue weighted by atomic mass is 10.1. The molecule has 0 saturated carbocycles. The van der Waals surface area contributed by atoms with Gasteiger partial charge in [0.05, 0.1) is 17.6 Å². The molecule has 12 heteroatoms. The molecule has 37 heavy (non-hydrogen) atoms. The molecule has 0 spiro atoms. The van der Waals surface area contributed by atoms with E-state index in [1.165, 1.54) is 54.6 Å². The zero-order valence-electron chi connectivity index (χ0n) is 19.8. The van der Waals surface area contributed by atoms with Gasteiger partial charge in [-0.25, -0.2) is 33.1 Å². The molecule has 3 rings (SSSR count). The first-order chi connectivity index (χ1) is 17.8. The molecular formula is C25H24ClF2N5O4. The Morgan fingerprint density at radius 2 is 2.03 bits per heavy atom. The number of carbonyl (C=O) groups excluding carboxylic acids is 3. The van der Waals surface area contributed by atoms with Crippen LogP contribution in [0, 0.1) is 11.6 Å². The van der Waals surface area contributed by atoms with Crippen LogP contribution in [0.5, 0.6) is 0 Å². The van der Waals surface area contributed by atoms with Crippen molar-refractivity contribution in [3.05, 3.63) is 70.9 Å². The molecule has 0 aliphatic heterocycles. The molecule has 2 aromatic carbocycles. The normalized spacial score (nSPS) is 11.4. The minimum Gasteiger partial charge on any atom is -0.447 e. The van der Waals surface area contributed by atoms with Crippen molar-refractivity contribution in [1.82, 2.24) is 15.2 Å². The molecule has 0 saturated heterocycles. The van der Waals surface area contributed by atoms with Gasteiger partial charge < -0.3 is 15.0 Å². The number of amides is 3. The summed E-state index contributed by atoms with van der Waals surface area (Å²) in [5.41, 5.74) is 0.402. The summed E-state index contributed by atoms with van der Waals surface area (Å²) >= 11 is 5.94. The first-order valence-electron chi connectivity index (χ1n) is 11.2. The molecule has 0 fully saturated rings. The standard InChI is InChI=1S/C25H24ClF2N5O4/c1-33(24(35)31-13-17-4-2-6-21(28)23(17)26)20(5-3-9-29-15-34)14-37-25(36)32-22-11-18-10-19(27)8-7-16(18)12-30-22/h2,4,6-8,10-12,20H,3,5,9,13-14H2,1H3,(H,31,35)(H,30,32,36)/t20-/m0/s1. The number of ether oxygens (including phenoxy) is 1. The predicted octanol–water partition coefficient (Wildman–Crippen LogP) is 5.04. The number of fused-ring (bicyclic) bond motifs is 1. The molecule has 0 radical (unpaired) electrons. The molecule has 1 aromatic heterocycles. The lowest BCUT2D eigenvalue weighted by Crippen LogP contribution is -2.46. The summed E-state index contributed by atoms with van der Waals surface area (Å²) in [5, 5.41) is 6.29. The Labute approximate surface area is 216 Å². The van der Waals surface area contributed by atoms with E-state index in [1.807, 2.05) is 0 Å². The van der Waals surface area contributed by atoms with E-state index in [4.69, 9.17) is 16.3 Å². The van der Waals surface area contributed by atoms with Gasteiger partial charge in [0.25, 0.3) is 0 Å². The zero-order chi connectivity index (χ0) is 26.8. The number of nitrogens with one attached hydrogen (secondary N) is 2. The van der Waals surface area contributed by atoms with Crippen LogP contribution in [-0.4, -0.2) is 54.3 Å². The third-order valence-corrected chi connectivity index (χ3v) is 5.95. The average Bonchev–Trinajstić information content (AvgIpc) is 2.88. The van der Waals surface area contributed by atoms with Crippen LogP contribution >= 0.6 is 11.6 Å². The monoisotopic (exact) mass is 531 g/mol. The Morgan fingerprint density at radius 3 is 2.81 bits per heavy atom. The smallest absolute Gasteiger partial charge is 0.412 e. The maximum atomic E-state index is 13.7. The van der Waals surface area contributed by atoms with Crippen molar-refractivity contribution in [2.24, 2.45) is 4.99 Å². The maximum Gasteiger partial charge on any atom is 0.412 e. The Kier molecular flexibility index (Phi) is 9.88. The van der Waals surface area contributed by atoms with Gasteiger partial charge in [-0.2, -0.15) is 0 Å². The van der Waals surface area contributed by atoms with Crippen molar-refractivity contribution in [3.8, 4) is 0 Å². The highest BCUT2D eigenvalue weighted by atomic mass is 35.5. The van der Waals surface area contributed by atoms with E-state index >= 15 is 0 Å². The van der Waals surface area contributed by atoms with E-state index < -0.39 is 29.8 Å². The summed E-state index contributed by atoms with van der Waals surface area (Å²) in [5.74, 6) is -0.853. The Morgan fingerprint density at radius 1 is 1.22 bits per heavy atom. The fraction of sp³-hybridized carbons (Fsp3) is 0.280. The summed E-state index contributed by atoms with van der Waals surface area (Å²) in [4.78, 5) is 44.4. The molecule has 0 aliphatic carbocycles. The number of aromatic nitrogens is 1. The van der Waals surface area contributed by atoms with E-state index in [9.17, 15) is 23.2 Å². The van der Waals surface area contributed by atoms with Gasteiger partial charge in [0.15, 0.2) is 0 Å². The molecule has 0 unspecified atom stereocenters. The predicted molar refractivity (Wildman–Crippen MR) is 134 cm³/mol. The van der Waals surface area contributed by atoms with Crippen molar-refractivity contribution >= 4 is 46.4 Å². The van der Waals surface area contributed by atoms with Crippen LogP contribution in [-0.2, 0) is 16.1 Å². The number of anilines is 1. The first-order valence-corrected chi connectivity index (χ1v) is 11.6. The molecule has 1 heterocycles. The number of carbonyl (C=O) groups is 2. The van der Waals surface area contributed by atoms with Gasteiger partial charge >= 0.3 is 12.1 Å². The van der Waals surface area contributed by atoms with Crippen LogP contribution in [0.4, 0.5) is 24.2 Å². The molecule has 1 atom stereocenters. The first kappa shape index (κ1) is 27.5. The van der Waals surface area contributed by atoms with Gasteiger partial charge in [-0.15, -0.1) is 0 Å². The Bertz CT molecular complexity index is 1320. The highest BCUT2D eigenvalue weighted by Gasteiger charge is 2.22. The van der Waals surface area contributed by atoms with Gasteiger partial charge in [-0.3, -0.25) is 5.32 Å². The minimum absolute atomic E-state index is 0.0164. The third kappa shape index (κ3) is 7.96. The summed E-state index contributed by atoms with van der Waals surface area (Å²) in [6.07, 6.45) is 2.90. The van der Waals surface area contributed by atoms with Crippen molar-refractivity contribution in [2.45, 2.75) is 25.4 Å². The number of halogens is 3. The number of urea groups is 1. The number of hydrogen-bond donors (Lipinski definition) is 2. The molecule has 2 N–H and O–H groups in total. The molecule has 0 bridgehead atoms. The summed E-state index contributed by atoms with van der Waals surface area (Å²) in [6, 6.07) is 8.90. The van der Waals surface area contributed by atoms with Crippen LogP contribution < -0.4 is 10.6 Å². The quantitative estimate of drug-likeness (QED) is 0.216. The Hall–Kier alpha value is -4.08. The average molecular weight is 532 g/mol. The summed E-state index contributed by atoms with van der Waals surface area (Å²) in [7, 11) is 1.51. The highest BCUT2D eigenvalue weighted by molar-refractivity contribution is 6.31. The number of hydrogen-bond acceptors (Lipinski definition) is 6. The fourth-order valence-corrected chi connectivity index (χ4v) is 3.67. The Balaban J connectivity index is 1.60. The van der Waals surface area contributed by atoms with Crippen LogP contribution in [0.2, 0.25) is 5.02 Å². The molecule has 3 aromatic rings. The van der Waals surface area contributed by atoms with Crippen LogP contribution in [0.25, 0.3) is 10.8 Å². The highest BCUT2D eigenvalue weighted by Crippen LogP contribution is 2.20. The van der Waals surface area contributed by atoms with E-state index in [0.29, 0.717) is 29.2 Å². The molecule has 194 valence electrons. The molecule has 0 aliphatic rings. The number of rotatable bonds is 10. The second kappa shape index (κ2) is 13.3. The van der Waals surface area contributed by atoms with Crippen molar-refractivity contribution in [3.63, 3.8) is 0 Å². The lowest BCUT2D eigenvalue weighted by Gasteiger charge is -2.28. The summed E-state index contributed by atoms with van der Waals surface area (Å²) in [6.45, 7) is -0.000888. The number of nitrogens with zero attached hydrogens (tertiary/aromatic N) is 3. The zero-order valence-corrected chi connectivity index (χ0v) is 20.6. The van der Waals surface area contributed by atoms with Crippen LogP contribution in [0.3, 0.4) is 0 Å². The number of pyridine rings is 1. The van der Waals surface area contributed by atoms with Crippen molar-refractivity contribution in [1.29, 1.82) is 0 Å². The molecule has 9 nitrogen and oxygen atoms in total. The number of benzene rings is 2. The number of likely N-dealkylation sites (N-methyl/N-ethyl adjacent to an activating group) is 1. The van der Waals surface area contributed by atoms with E-state index in [0.717, 1.165) is 0 Å². The van der Waals surface area contributed by atoms with E-state index in [2.05, 4.69) is 20.6 Å². The van der Waals surface area contributed by atoms with E-state index in [1.54, 1.807) is 12.1 Å². The third-order valence-electron chi connectivity index (χ3n) is 5.52. The largest absolute Gasteiger partial charge is 0.447 e. The molecular weight excluding hydrogens is 508 g/mol. The van der Waals surface area contributed by atoms with Gasteiger partial charge in [-0.05, 0) is 54.1 Å². The minimum atomic E-state index is -0.820. The summed E-state index contributed by atoms with van der Waals surface area (Å²) < 4.78 is 32.5. The lowest BCUT2D eigenvalue weighted by molar-refractivity contribution is 0.113. The van der Waals surface area contributed by atoms with Crippen molar-refractivity contribution < 1.29 is 27.9 Å².